The van der Waals surface area contributed by atoms with Crippen molar-refractivity contribution in [2.24, 2.45) is 5.92 Å². The molecule has 1 unspecified atom stereocenters. The molecule has 0 saturated carbocycles. The fourth-order valence-electron chi connectivity index (χ4n) is 3.52. The molecule has 0 aliphatic heterocycles. The van der Waals surface area contributed by atoms with Gasteiger partial charge in [0.15, 0.2) is 5.78 Å². The minimum atomic E-state index is 0.335. The highest BCUT2D eigenvalue weighted by atomic mass is 16.1. The van der Waals surface area contributed by atoms with Crippen LogP contribution in [0.1, 0.15) is 110 Å². The fourth-order valence-corrected chi connectivity index (χ4v) is 3.52. The van der Waals surface area contributed by atoms with Gasteiger partial charge in [0.05, 0.1) is 0 Å². The fraction of sp³-hybridized carbons (Fsp3) is 0.857. The van der Waals surface area contributed by atoms with Crippen LogP contribution in [0.5, 0.6) is 0 Å². The number of hydrogen-bond acceptors (Lipinski definition) is 1. The zero-order valence-corrected chi connectivity index (χ0v) is 15.2. The first-order valence-electron chi connectivity index (χ1n) is 10.0. The summed E-state index contributed by atoms with van der Waals surface area (Å²) in [6, 6.07) is 0. The average Bonchev–Trinajstić information content (AvgIpc) is 2.86. The number of carbonyl (C=O) groups excluding carboxylic acids is 1. The highest BCUT2D eigenvalue weighted by molar-refractivity contribution is 5.95. The quantitative estimate of drug-likeness (QED) is 0.316. The Balaban J connectivity index is 2.03. The lowest BCUT2D eigenvalue weighted by molar-refractivity contribution is -0.117. The Morgan fingerprint density at radius 1 is 0.818 bits per heavy atom. The third-order valence-electron chi connectivity index (χ3n) is 5.01. The molecule has 0 radical (unpaired) electrons. The Kier molecular flexibility index (Phi) is 11.4. The average molecular weight is 307 g/mol. The first kappa shape index (κ1) is 19.5. The normalized spacial score (nSPS) is 18.0. The maximum atomic E-state index is 12.0. The molecule has 128 valence electrons. The minimum Gasteiger partial charge on any atom is -0.295 e. The van der Waals surface area contributed by atoms with Gasteiger partial charge in [-0.25, -0.2) is 0 Å². The third-order valence-corrected chi connectivity index (χ3v) is 5.01. The molecule has 1 heteroatoms. The van der Waals surface area contributed by atoms with Crippen molar-refractivity contribution in [2.75, 3.05) is 0 Å². The van der Waals surface area contributed by atoms with Crippen LogP contribution in [0.3, 0.4) is 0 Å². The van der Waals surface area contributed by atoms with Gasteiger partial charge < -0.3 is 0 Å². The molecule has 0 bridgehead atoms. The van der Waals surface area contributed by atoms with Crippen molar-refractivity contribution >= 4 is 5.78 Å². The summed E-state index contributed by atoms with van der Waals surface area (Å²) in [5.41, 5.74) is 1.44. The standard InChI is InChI=1S/C21H38O/c1-3-5-7-9-11-13-15-19-17-20(21(22)18-19)16-14-12-10-8-6-4-2/h18,20H,3-17H2,1-2H3. The molecular weight excluding hydrogens is 268 g/mol. The molecule has 0 amide bonds. The van der Waals surface area contributed by atoms with Crippen LogP contribution >= 0.6 is 0 Å². The van der Waals surface area contributed by atoms with Crippen LogP contribution in [0.2, 0.25) is 0 Å². The van der Waals surface area contributed by atoms with Gasteiger partial charge in [0.2, 0.25) is 0 Å². The molecule has 0 aromatic rings. The van der Waals surface area contributed by atoms with Crippen molar-refractivity contribution in [1.82, 2.24) is 0 Å². The van der Waals surface area contributed by atoms with Gasteiger partial charge in [-0.05, 0) is 31.8 Å². The topological polar surface area (TPSA) is 17.1 Å². The van der Waals surface area contributed by atoms with E-state index >= 15 is 0 Å². The largest absolute Gasteiger partial charge is 0.295 e. The molecule has 1 atom stereocenters. The van der Waals surface area contributed by atoms with Crippen LogP contribution in [0.4, 0.5) is 0 Å². The second kappa shape index (κ2) is 12.9. The zero-order chi connectivity index (χ0) is 16.0. The summed E-state index contributed by atoms with van der Waals surface area (Å²) in [6.07, 6.45) is 21.4. The smallest absolute Gasteiger partial charge is 0.159 e. The molecule has 0 saturated heterocycles. The van der Waals surface area contributed by atoms with E-state index in [2.05, 4.69) is 13.8 Å². The first-order chi connectivity index (χ1) is 10.8. The highest BCUT2D eigenvalue weighted by Crippen LogP contribution is 2.30. The summed E-state index contributed by atoms with van der Waals surface area (Å²) < 4.78 is 0. The summed E-state index contributed by atoms with van der Waals surface area (Å²) in [6.45, 7) is 4.52. The number of carbonyl (C=O) groups is 1. The minimum absolute atomic E-state index is 0.335. The summed E-state index contributed by atoms with van der Waals surface area (Å²) in [4.78, 5) is 12.0. The Bertz CT molecular complexity index is 316. The SMILES string of the molecule is CCCCCCCCC1=CC(=O)C(CCCCCCCC)C1. The van der Waals surface area contributed by atoms with Crippen LogP contribution in [-0.4, -0.2) is 5.78 Å². The van der Waals surface area contributed by atoms with Crippen molar-refractivity contribution in [1.29, 1.82) is 0 Å². The molecule has 1 rings (SSSR count). The summed E-state index contributed by atoms with van der Waals surface area (Å²) in [5.74, 6) is 0.760. The molecule has 1 aliphatic rings. The molecule has 1 aliphatic carbocycles. The van der Waals surface area contributed by atoms with E-state index in [1.807, 2.05) is 6.08 Å². The van der Waals surface area contributed by atoms with E-state index in [1.165, 1.54) is 89.0 Å². The van der Waals surface area contributed by atoms with Gasteiger partial charge >= 0.3 is 0 Å². The van der Waals surface area contributed by atoms with Gasteiger partial charge in [0, 0.05) is 5.92 Å². The van der Waals surface area contributed by atoms with Crippen LogP contribution in [0.15, 0.2) is 11.6 Å². The second-order valence-corrected chi connectivity index (χ2v) is 7.18. The van der Waals surface area contributed by atoms with Crippen molar-refractivity contribution < 1.29 is 4.79 Å². The first-order valence-corrected chi connectivity index (χ1v) is 10.0. The zero-order valence-electron chi connectivity index (χ0n) is 15.2. The molecule has 1 nitrogen and oxygen atoms in total. The summed E-state index contributed by atoms with van der Waals surface area (Å²) >= 11 is 0. The highest BCUT2D eigenvalue weighted by Gasteiger charge is 2.24. The predicted molar refractivity (Wildman–Crippen MR) is 97.2 cm³/mol. The van der Waals surface area contributed by atoms with E-state index in [1.54, 1.807) is 0 Å². The molecular formula is C21H38O. The van der Waals surface area contributed by atoms with Crippen molar-refractivity contribution in [3.05, 3.63) is 11.6 Å². The Hall–Kier alpha value is -0.590. The Morgan fingerprint density at radius 3 is 2.00 bits per heavy atom. The maximum absolute atomic E-state index is 12.0. The van der Waals surface area contributed by atoms with E-state index in [9.17, 15) is 4.79 Å². The number of ketones is 1. The van der Waals surface area contributed by atoms with E-state index < -0.39 is 0 Å². The Morgan fingerprint density at radius 2 is 1.36 bits per heavy atom. The molecule has 0 N–H and O–H groups in total. The summed E-state index contributed by atoms with van der Waals surface area (Å²) in [5, 5.41) is 0. The number of unbranched alkanes of at least 4 members (excludes halogenated alkanes) is 10. The molecule has 0 aromatic heterocycles. The number of hydrogen-bond donors (Lipinski definition) is 0. The van der Waals surface area contributed by atoms with Crippen LogP contribution in [0.25, 0.3) is 0 Å². The van der Waals surface area contributed by atoms with E-state index in [0.29, 0.717) is 11.7 Å². The lowest BCUT2D eigenvalue weighted by Gasteiger charge is -2.09. The van der Waals surface area contributed by atoms with Gasteiger partial charge in [-0.1, -0.05) is 90.0 Å². The van der Waals surface area contributed by atoms with Crippen LogP contribution in [0, 0.1) is 5.92 Å². The van der Waals surface area contributed by atoms with E-state index in [0.717, 1.165) is 12.8 Å². The van der Waals surface area contributed by atoms with Gasteiger partial charge in [0.25, 0.3) is 0 Å². The van der Waals surface area contributed by atoms with Crippen molar-refractivity contribution in [3.63, 3.8) is 0 Å². The molecule has 0 spiro atoms. The van der Waals surface area contributed by atoms with Gasteiger partial charge in [-0.15, -0.1) is 0 Å². The molecule has 22 heavy (non-hydrogen) atoms. The lowest BCUT2D eigenvalue weighted by Crippen LogP contribution is -2.06. The molecule has 0 fully saturated rings. The second-order valence-electron chi connectivity index (χ2n) is 7.18. The molecule has 0 heterocycles. The number of rotatable bonds is 14. The van der Waals surface area contributed by atoms with Crippen LogP contribution in [-0.2, 0) is 4.79 Å². The number of allylic oxidation sites excluding steroid dienone is 2. The van der Waals surface area contributed by atoms with Gasteiger partial charge in [0.1, 0.15) is 0 Å². The maximum Gasteiger partial charge on any atom is 0.159 e. The van der Waals surface area contributed by atoms with Crippen LogP contribution < -0.4 is 0 Å². The predicted octanol–water partition coefficient (Wildman–Crippen LogP) is 7.00. The van der Waals surface area contributed by atoms with Gasteiger partial charge in [-0.3, -0.25) is 4.79 Å². The third kappa shape index (κ3) is 8.76. The van der Waals surface area contributed by atoms with E-state index in [4.69, 9.17) is 0 Å². The van der Waals surface area contributed by atoms with Crippen molar-refractivity contribution in [3.8, 4) is 0 Å². The summed E-state index contributed by atoms with van der Waals surface area (Å²) in [7, 11) is 0. The van der Waals surface area contributed by atoms with Crippen molar-refractivity contribution in [2.45, 2.75) is 110 Å². The Labute approximate surface area is 139 Å². The molecule has 0 aromatic carbocycles. The van der Waals surface area contributed by atoms with E-state index in [-0.39, 0.29) is 0 Å². The van der Waals surface area contributed by atoms with Gasteiger partial charge in [-0.2, -0.15) is 0 Å². The lowest BCUT2D eigenvalue weighted by atomic mass is 9.95. The monoisotopic (exact) mass is 306 g/mol.